The van der Waals surface area contributed by atoms with E-state index in [1.165, 1.54) is 6.26 Å². The second-order valence-electron chi connectivity index (χ2n) is 5.95. The zero-order chi connectivity index (χ0) is 19.2. The van der Waals surface area contributed by atoms with Crippen LogP contribution in [0.5, 0.6) is 0 Å². The number of aromatic nitrogens is 1. The SMILES string of the molecule is Cc1csc(=O)n1CCC(=O)NCc1ccc(NC(=O)c2ccco2)cc1. The molecule has 2 amide bonds. The summed E-state index contributed by atoms with van der Waals surface area (Å²) in [5, 5.41) is 7.35. The number of hydrogen-bond acceptors (Lipinski definition) is 5. The molecule has 0 aliphatic carbocycles. The predicted molar refractivity (Wildman–Crippen MR) is 103 cm³/mol. The van der Waals surface area contributed by atoms with E-state index in [-0.39, 0.29) is 28.9 Å². The molecule has 0 radical (unpaired) electrons. The summed E-state index contributed by atoms with van der Waals surface area (Å²) in [6.07, 6.45) is 1.69. The van der Waals surface area contributed by atoms with Crippen molar-refractivity contribution in [3.05, 3.63) is 74.7 Å². The lowest BCUT2D eigenvalue weighted by atomic mass is 10.2. The van der Waals surface area contributed by atoms with Crippen molar-refractivity contribution in [1.82, 2.24) is 9.88 Å². The van der Waals surface area contributed by atoms with Crippen molar-refractivity contribution in [2.24, 2.45) is 0 Å². The second kappa shape index (κ2) is 8.50. The molecule has 8 heteroatoms. The molecule has 0 aliphatic rings. The van der Waals surface area contributed by atoms with Crippen molar-refractivity contribution in [3.63, 3.8) is 0 Å². The van der Waals surface area contributed by atoms with Gasteiger partial charge in [-0.25, -0.2) is 0 Å². The Hall–Kier alpha value is -3.13. The molecule has 140 valence electrons. The summed E-state index contributed by atoms with van der Waals surface area (Å²) in [5.74, 6) is -0.200. The van der Waals surface area contributed by atoms with Crippen molar-refractivity contribution in [1.29, 1.82) is 0 Å². The van der Waals surface area contributed by atoms with E-state index in [0.717, 1.165) is 22.6 Å². The number of thiazole rings is 1. The molecule has 3 aromatic rings. The Bertz CT molecular complexity index is 971. The quantitative estimate of drug-likeness (QED) is 0.654. The van der Waals surface area contributed by atoms with Gasteiger partial charge in [0.25, 0.3) is 5.91 Å². The normalized spacial score (nSPS) is 10.6. The number of anilines is 1. The van der Waals surface area contributed by atoms with Crippen molar-refractivity contribution in [3.8, 4) is 0 Å². The van der Waals surface area contributed by atoms with E-state index in [4.69, 9.17) is 4.42 Å². The summed E-state index contributed by atoms with van der Waals surface area (Å²) in [7, 11) is 0. The third kappa shape index (κ3) is 4.95. The summed E-state index contributed by atoms with van der Waals surface area (Å²) >= 11 is 1.14. The van der Waals surface area contributed by atoms with E-state index in [1.807, 2.05) is 19.1 Å². The molecule has 2 heterocycles. The second-order valence-corrected chi connectivity index (χ2v) is 6.77. The van der Waals surface area contributed by atoms with Crippen LogP contribution in [-0.2, 0) is 17.9 Å². The van der Waals surface area contributed by atoms with Crippen LogP contribution in [0.4, 0.5) is 5.69 Å². The van der Waals surface area contributed by atoms with E-state index in [9.17, 15) is 14.4 Å². The number of benzene rings is 1. The lowest BCUT2D eigenvalue weighted by molar-refractivity contribution is -0.121. The Morgan fingerprint density at radius 1 is 1.19 bits per heavy atom. The number of amides is 2. The Kier molecular flexibility index (Phi) is 5.87. The lowest BCUT2D eigenvalue weighted by Crippen LogP contribution is -2.26. The molecule has 7 nitrogen and oxygen atoms in total. The molecule has 3 rings (SSSR count). The maximum atomic E-state index is 12.0. The van der Waals surface area contributed by atoms with Gasteiger partial charge in [0, 0.05) is 36.3 Å². The third-order valence-corrected chi connectivity index (χ3v) is 4.87. The Morgan fingerprint density at radius 3 is 2.59 bits per heavy atom. The summed E-state index contributed by atoms with van der Waals surface area (Å²) < 4.78 is 6.64. The van der Waals surface area contributed by atoms with E-state index >= 15 is 0 Å². The Labute approximate surface area is 159 Å². The zero-order valence-corrected chi connectivity index (χ0v) is 15.5. The van der Waals surface area contributed by atoms with Gasteiger partial charge in [-0.2, -0.15) is 0 Å². The smallest absolute Gasteiger partial charge is 0.307 e. The average molecular weight is 385 g/mol. The number of carbonyl (C=O) groups is 2. The fourth-order valence-electron chi connectivity index (χ4n) is 2.48. The van der Waals surface area contributed by atoms with Crippen molar-refractivity contribution in [2.45, 2.75) is 26.4 Å². The maximum absolute atomic E-state index is 12.0. The van der Waals surface area contributed by atoms with Gasteiger partial charge < -0.3 is 19.6 Å². The number of rotatable bonds is 7. The number of nitrogens with zero attached hydrogens (tertiary/aromatic N) is 1. The molecule has 2 N–H and O–H groups in total. The molecule has 0 bridgehead atoms. The topological polar surface area (TPSA) is 93.3 Å². The first kappa shape index (κ1) is 18.7. The zero-order valence-electron chi connectivity index (χ0n) is 14.7. The maximum Gasteiger partial charge on any atom is 0.307 e. The van der Waals surface area contributed by atoms with Crippen LogP contribution in [0.3, 0.4) is 0 Å². The molecular formula is C19H19N3O4S. The molecule has 0 saturated carbocycles. The average Bonchev–Trinajstić information content (AvgIpc) is 3.30. The highest BCUT2D eigenvalue weighted by Crippen LogP contribution is 2.12. The van der Waals surface area contributed by atoms with E-state index in [0.29, 0.717) is 18.8 Å². The van der Waals surface area contributed by atoms with Crippen molar-refractivity contribution >= 4 is 28.8 Å². The minimum atomic E-state index is -0.319. The number of hydrogen-bond donors (Lipinski definition) is 2. The minimum absolute atomic E-state index is 0.0486. The number of carbonyl (C=O) groups excluding carboxylic acids is 2. The van der Waals surface area contributed by atoms with E-state index in [2.05, 4.69) is 10.6 Å². The van der Waals surface area contributed by atoms with Crippen molar-refractivity contribution < 1.29 is 14.0 Å². The van der Waals surface area contributed by atoms with Crippen molar-refractivity contribution in [2.75, 3.05) is 5.32 Å². The molecule has 0 atom stereocenters. The van der Waals surface area contributed by atoms with Gasteiger partial charge in [0.05, 0.1) is 6.26 Å². The number of aryl methyl sites for hydroxylation is 1. The van der Waals surface area contributed by atoms with Gasteiger partial charge in [0.15, 0.2) is 5.76 Å². The van der Waals surface area contributed by atoms with Gasteiger partial charge in [-0.3, -0.25) is 14.4 Å². The van der Waals surface area contributed by atoms with Gasteiger partial charge in [-0.1, -0.05) is 23.5 Å². The highest BCUT2D eigenvalue weighted by atomic mass is 32.1. The highest BCUT2D eigenvalue weighted by Gasteiger charge is 2.09. The van der Waals surface area contributed by atoms with Gasteiger partial charge in [-0.15, -0.1) is 0 Å². The number of furan rings is 1. The summed E-state index contributed by atoms with van der Waals surface area (Å²) in [4.78, 5) is 35.5. The van der Waals surface area contributed by atoms with Crippen LogP contribution in [0.1, 0.15) is 28.2 Å². The van der Waals surface area contributed by atoms with Gasteiger partial charge in [-0.05, 0) is 36.8 Å². The van der Waals surface area contributed by atoms with Crippen LogP contribution >= 0.6 is 11.3 Å². The van der Waals surface area contributed by atoms with Gasteiger partial charge >= 0.3 is 4.87 Å². The molecule has 0 saturated heterocycles. The molecule has 0 spiro atoms. The molecule has 27 heavy (non-hydrogen) atoms. The Balaban J connectivity index is 1.46. The summed E-state index contributed by atoms with van der Waals surface area (Å²) in [6.45, 7) is 2.60. The summed E-state index contributed by atoms with van der Waals surface area (Å²) in [5.41, 5.74) is 2.41. The van der Waals surface area contributed by atoms with Gasteiger partial charge in [0.1, 0.15) is 0 Å². The minimum Gasteiger partial charge on any atom is -0.459 e. The third-order valence-electron chi connectivity index (χ3n) is 3.99. The van der Waals surface area contributed by atoms with Crippen LogP contribution in [0.15, 0.2) is 57.3 Å². The van der Waals surface area contributed by atoms with Crippen LogP contribution in [-0.4, -0.2) is 16.4 Å². The van der Waals surface area contributed by atoms with Crippen LogP contribution < -0.4 is 15.5 Å². The molecule has 0 aliphatic heterocycles. The molecule has 1 aromatic carbocycles. The fraction of sp³-hybridized carbons (Fsp3) is 0.211. The first-order valence-electron chi connectivity index (χ1n) is 8.38. The first-order chi connectivity index (χ1) is 13.0. The van der Waals surface area contributed by atoms with Crippen LogP contribution in [0.25, 0.3) is 0 Å². The predicted octanol–water partition coefficient (Wildman–Crippen LogP) is 2.77. The fourth-order valence-corrected chi connectivity index (χ4v) is 3.24. The number of nitrogens with one attached hydrogen (secondary N) is 2. The van der Waals surface area contributed by atoms with Crippen LogP contribution in [0, 0.1) is 6.92 Å². The largest absolute Gasteiger partial charge is 0.459 e. The van der Waals surface area contributed by atoms with Crippen LogP contribution in [0.2, 0.25) is 0 Å². The highest BCUT2D eigenvalue weighted by molar-refractivity contribution is 7.07. The monoisotopic (exact) mass is 385 g/mol. The summed E-state index contributed by atoms with van der Waals surface area (Å²) in [6, 6.07) is 10.4. The Morgan fingerprint density at radius 2 is 1.96 bits per heavy atom. The molecule has 0 fully saturated rings. The van der Waals surface area contributed by atoms with E-state index < -0.39 is 0 Å². The molecule has 2 aromatic heterocycles. The molecule has 0 unspecified atom stereocenters. The molecular weight excluding hydrogens is 366 g/mol. The lowest BCUT2D eigenvalue weighted by Gasteiger charge is -2.08. The standard InChI is InChI=1S/C19H19N3O4S/c1-13-12-27-19(25)22(13)9-8-17(23)20-11-14-4-6-15(7-5-14)21-18(24)16-3-2-10-26-16/h2-7,10,12H,8-9,11H2,1H3,(H,20,23)(H,21,24). The first-order valence-corrected chi connectivity index (χ1v) is 9.26. The van der Waals surface area contributed by atoms with E-state index in [1.54, 1.807) is 34.2 Å². The van der Waals surface area contributed by atoms with Gasteiger partial charge in [0.2, 0.25) is 5.91 Å².